The predicted octanol–water partition coefficient (Wildman–Crippen LogP) is 3.91. The van der Waals surface area contributed by atoms with E-state index in [1.807, 2.05) is 13.0 Å². The molecule has 1 heterocycles. The number of carbonyl (C=O) groups excluding carboxylic acids is 2. The molecule has 0 radical (unpaired) electrons. The average molecular weight is 390 g/mol. The zero-order chi connectivity index (χ0) is 18.7. The van der Waals surface area contributed by atoms with Gasteiger partial charge in [-0.25, -0.2) is 0 Å². The molecule has 2 fully saturated rings. The van der Waals surface area contributed by atoms with E-state index in [4.69, 9.17) is 11.6 Å². The number of nitrogens with one attached hydrogen (secondary N) is 1. The van der Waals surface area contributed by atoms with Crippen LogP contribution in [0.15, 0.2) is 28.8 Å². The van der Waals surface area contributed by atoms with Gasteiger partial charge in [-0.05, 0) is 43.5 Å². The summed E-state index contributed by atoms with van der Waals surface area (Å²) in [7, 11) is 0. The minimum absolute atomic E-state index is 0.000901. The van der Waals surface area contributed by atoms with E-state index in [1.165, 1.54) is 23.1 Å². The minimum atomic E-state index is -0.396. The number of rotatable bonds is 3. The van der Waals surface area contributed by atoms with E-state index in [1.54, 1.807) is 18.2 Å². The fourth-order valence-electron chi connectivity index (χ4n) is 3.29. The van der Waals surface area contributed by atoms with Gasteiger partial charge in [-0.2, -0.15) is 5.26 Å². The lowest BCUT2D eigenvalue weighted by Crippen LogP contribution is -2.38. The second-order valence-corrected chi connectivity index (χ2v) is 7.92. The van der Waals surface area contributed by atoms with Gasteiger partial charge in [0.05, 0.1) is 5.75 Å². The molecular formula is C19H20ClN3O2S. The van der Waals surface area contributed by atoms with E-state index in [0.717, 1.165) is 31.2 Å². The summed E-state index contributed by atoms with van der Waals surface area (Å²) >= 11 is 7.30. The van der Waals surface area contributed by atoms with Crippen LogP contribution in [0.25, 0.3) is 0 Å². The second-order valence-electron chi connectivity index (χ2n) is 6.55. The fraction of sp³-hybridized carbons (Fsp3) is 0.421. The van der Waals surface area contributed by atoms with E-state index in [2.05, 4.69) is 5.32 Å². The Hall–Kier alpha value is -1.97. The standard InChI is InChI=1S/C19H20ClN3O2S/c1-12-9-14(7-8-16(12)20)23-17(24)11-26-19(23)15(10-21)18(25)22-13-5-3-2-4-6-13/h7-9,13H,2-6,11H2,1H3,(H,22,25). The number of aryl methyl sites for hydroxylation is 1. The SMILES string of the molecule is Cc1cc(N2C(=O)CSC2=C(C#N)C(=O)NC2CCCCC2)ccc1Cl. The van der Waals surface area contributed by atoms with Crippen LogP contribution < -0.4 is 10.2 Å². The number of amides is 2. The molecule has 0 unspecified atom stereocenters. The molecule has 2 aliphatic rings. The first kappa shape index (κ1) is 18.8. The Morgan fingerprint density at radius 3 is 2.73 bits per heavy atom. The van der Waals surface area contributed by atoms with Gasteiger partial charge in [-0.15, -0.1) is 0 Å². The summed E-state index contributed by atoms with van der Waals surface area (Å²) < 4.78 is 0. The number of halogens is 1. The third-order valence-corrected chi connectivity index (χ3v) is 6.15. The van der Waals surface area contributed by atoms with E-state index >= 15 is 0 Å². The molecule has 1 saturated carbocycles. The topological polar surface area (TPSA) is 73.2 Å². The normalized spacial score (nSPS) is 20.0. The summed E-state index contributed by atoms with van der Waals surface area (Å²) in [6.45, 7) is 1.85. The monoisotopic (exact) mass is 389 g/mol. The van der Waals surface area contributed by atoms with Crippen molar-refractivity contribution in [1.82, 2.24) is 5.32 Å². The highest BCUT2D eigenvalue weighted by atomic mass is 35.5. The smallest absolute Gasteiger partial charge is 0.264 e. The highest BCUT2D eigenvalue weighted by Crippen LogP contribution is 2.37. The molecule has 3 rings (SSSR count). The largest absolute Gasteiger partial charge is 0.349 e. The van der Waals surface area contributed by atoms with Gasteiger partial charge in [0, 0.05) is 16.8 Å². The number of nitrogens with zero attached hydrogens (tertiary/aromatic N) is 2. The second kappa shape index (κ2) is 8.15. The maximum Gasteiger partial charge on any atom is 0.264 e. The summed E-state index contributed by atoms with van der Waals surface area (Å²) in [5.74, 6) is -0.337. The summed E-state index contributed by atoms with van der Waals surface area (Å²) in [4.78, 5) is 26.5. The fourth-order valence-corrected chi connectivity index (χ4v) is 4.41. The molecule has 0 bridgehead atoms. The lowest BCUT2D eigenvalue weighted by Gasteiger charge is -2.23. The molecule has 136 valence electrons. The number of carbonyl (C=O) groups is 2. The Bertz CT molecular complexity index is 809. The molecule has 1 saturated heterocycles. The molecule has 1 aromatic carbocycles. The molecule has 1 aliphatic carbocycles. The molecule has 26 heavy (non-hydrogen) atoms. The van der Waals surface area contributed by atoms with Crippen LogP contribution in [0.2, 0.25) is 5.02 Å². The van der Waals surface area contributed by atoms with Gasteiger partial charge in [-0.1, -0.05) is 42.6 Å². The summed E-state index contributed by atoms with van der Waals surface area (Å²) in [5.41, 5.74) is 1.45. The van der Waals surface area contributed by atoms with Crippen molar-refractivity contribution in [2.75, 3.05) is 10.7 Å². The van der Waals surface area contributed by atoms with E-state index < -0.39 is 5.91 Å². The van der Waals surface area contributed by atoms with Crippen molar-refractivity contribution in [3.05, 3.63) is 39.4 Å². The van der Waals surface area contributed by atoms with Crippen LogP contribution in [-0.4, -0.2) is 23.6 Å². The lowest BCUT2D eigenvalue weighted by molar-refractivity contribution is -0.118. The molecule has 7 heteroatoms. The molecule has 1 N–H and O–H groups in total. The highest BCUT2D eigenvalue weighted by molar-refractivity contribution is 8.04. The number of benzene rings is 1. The third-order valence-electron chi connectivity index (χ3n) is 4.68. The molecule has 0 atom stereocenters. The van der Waals surface area contributed by atoms with Crippen LogP contribution in [0, 0.1) is 18.3 Å². The van der Waals surface area contributed by atoms with Crippen molar-refractivity contribution in [1.29, 1.82) is 5.26 Å². The van der Waals surface area contributed by atoms with Gasteiger partial charge in [0.1, 0.15) is 16.7 Å². The van der Waals surface area contributed by atoms with Crippen molar-refractivity contribution in [2.45, 2.75) is 45.1 Å². The Kier molecular flexibility index (Phi) is 5.90. The number of hydrogen-bond acceptors (Lipinski definition) is 4. The van der Waals surface area contributed by atoms with Gasteiger partial charge in [0.2, 0.25) is 5.91 Å². The molecule has 1 aliphatic heterocycles. The van der Waals surface area contributed by atoms with E-state index in [-0.39, 0.29) is 23.3 Å². The Labute approximate surface area is 162 Å². The Morgan fingerprint density at radius 1 is 1.35 bits per heavy atom. The van der Waals surface area contributed by atoms with Gasteiger partial charge in [0.25, 0.3) is 5.91 Å². The van der Waals surface area contributed by atoms with Crippen molar-refractivity contribution in [3.63, 3.8) is 0 Å². The molecule has 0 spiro atoms. The van der Waals surface area contributed by atoms with Crippen LogP contribution in [0.5, 0.6) is 0 Å². The number of nitriles is 1. The van der Waals surface area contributed by atoms with Crippen molar-refractivity contribution in [3.8, 4) is 6.07 Å². The van der Waals surface area contributed by atoms with Gasteiger partial charge in [0.15, 0.2) is 0 Å². The first-order chi connectivity index (χ1) is 12.5. The highest BCUT2D eigenvalue weighted by Gasteiger charge is 2.33. The maximum atomic E-state index is 12.7. The van der Waals surface area contributed by atoms with Crippen LogP contribution in [0.4, 0.5) is 5.69 Å². The van der Waals surface area contributed by atoms with Gasteiger partial charge in [-0.3, -0.25) is 14.5 Å². The predicted molar refractivity (Wildman–Crippen MR) is 104 cm³/mol. The quantitative estimate of drug-likeness (QED) is 0.628. The van der Waals surface area contributed by atoms with Gasteiger partial charge < -0.3 is 5.32 Å². The van der Waals surface area contributed by atoms with Crippen LogP contribution in [-0.2, 0) is 9.59 Å². The van der Waals surface area contributed by atoms with Crippen molar-refractivity contribution in [2.24, 2.45) is 0 Å². The molecule has 1 aromatic rings. The minimum Gasteiger partial charge on any atom is -0.349 e. The first-order valence-electron chi connectivity index (χ1n) is 8.68. The summed E-state index contributed by atoms with van der Waals surface area (Å²) in [5, 5.41) is 13.6. The molecular weight excluding hydrogens is 370 g/mol. The zero-order valence-corrected chi connectivity index (χ0v) is 16.1. The summed E-state index contributed by atoms with van der Waals surface area (Å²) in [6.07, 6.45) is 5.24. The Balaban J connectivity index is 1.91. The molecule has 2 amide bonds. The Morgan fingerprint density at radius 2 is 2.08 bits per heavy atom. The van der Waals surface area contributed by atoms with Crippen LogP contribution in [0.3, 0.4) is 0 Å². The number of hydrogen-bond donors (Lipinski definition) is 1. The summed E-state index contributed by atoms with van der Waals surface area (Å²) in [6, 6.07) is 7.35. The van der Waals surface area contributed by atoms with Crippen molar-refractivity contribution >= 4 is 40.9 Å². The van der Waals surface area contributed by atoms with Crippen molar-refractivity contribution < 1.29 is 9.59 Å². The number of anilines is 1. The average Bonchev–Trinajstić information content (AvgIpc) is 3.00. The van der Waals surface area contributed by atoms with E-state index in [9.17, 15) is 14.9 Å². The lowest BCUT2D eigenvalue weighted by atomic mass is 9.95. The van der Waals surface area contributed by atoms with Gasteiger partial charge >= 0.3 is 0 Å². The van der Waals surface area contributed by atoms with Crippen LogP contribution in [0.1, 0.15) is 37.7 Å². The first-order valence-corrected chi connectivity index (χ1v) is 10.0. The maximum absolute atomic E-state index is 12.7. The third kappa shape index (κ3) is 3.89. The number of thioether (sulfide) groups is 1. The molecule has 0 aromatic heterocycles. The van der Waals surface area contributed by atoms with E-state index in [0.29, 0.717) is 15.7 Å². The van der Waals surface area contributed by atoms with Crippen LogP contribution >= 0.6 is 23.4 Å². The molecule has 5 nitrogen and oxygen atoms in total. The zero-order valence-electron chi connectivity index (χ0n) is 14.5.